The Morgan fingerprint density at radius 2 is 1.83 bits per heavy atom. The summed E-state index contributed by atoms with van der Waals surface area (Å²) in [7, 11) is 1.89. The van der Waals surface area contributed by atoms with Crippen LogP contribution >= 0.6 is 0 Å². The molecule has 1 amide bonds. The maximum absolute atomic E-state index is 12.2. The number of nitrogens with two attached hydrogens (primary N) is 1. The van der Waals surface area contributed by atoms with Crippen molar-refractivity contribution in [2.75, 3.05) is 32.4 Å². The highest BCUT2D eigenvalue weighted by Crippen LogP contribution is 2.40. The fraction of sp³-hybridized carbons (Fsp3) is 0.500. The van der Waals surface area contributed by atoms with E-state index in [2.05, 4.69) is 42.7 Å². The molecule has 0 radical (unpaired) electrons. The third kappa shape index (κ3) is 3.62. The van der Waals surface area contributed by atoms with Gasteiger partial charge in [0.05, 0.1) is 29.0 Å². The van der Waals surface area contributed by atoms with Gasteiger partial charge in [-0.15, -0.1) is 0 Å². The fourth-order valence-corrected chi connectivity index (χ4v) is 5.94. The molecule has 0 atom stereocenters. The molecule has 2 saturated carbocycles. The Kier molecular flexibility index (Phi) is 4.99. The molecule has 0 unspecified atom stereocenters. The molecular formula is C26H31N9O. The molecule has 36 heavy (non-hydrogen) atoms. The summed E-state index contributed by atoms with van der Waals surface area (Å²) in [5, 5.41) is 5.90. The third-order valence-corrected chi connectivity index (χ3v) is 8.27. The number of carbonyl (C=O) groups excluding carboxylic acids is 1. The van der Waals surface area contributed by atoms with Crippen LogP contribution in [-0.4, -0.2) is 78.1 Å². The number of imidazole rings is 1. The van der Waals surface area contributed by atoms with Crippen molar-refractivity contribution in [3.63, 3.8) is 0 Å². The first kappa shape index (κ1) is 21.7. The highest BCUT2D eigenvalue weighted by atomic mass is 16.2. The Bertz CT molecular complexity index is 1460. The SMILES string of the molecule is CN1CCN(C2CCC(n3nc(-c4ccc5nc(C6CC6)[nH]c5c4)c4c(N)ncnc43)CC2)CC1=O. The van der Waals surface area contributed by atoms with Crippen molar-refractivity contribution < 1.29 is 4.79 Å². The maximum atomic E-state index is 12.2. The number of carbonyl (C=O) groups is 1. The number of aromatic amines is 1. The second-order valence-electron chi connectivity index (χ2n) is 10.6. The zero-order valence-corrected chi connectivity index (χ0v) is 20.5. The minimum atomic E-state index is 0.219. The summed E-state index contributed by atoms with van der Waals surface area (Å²) in [6, 6.07) is 6.93. The van der Waals surface area contributed by atoms with Crippen LogP contribution in [0.5, 0.6) is 0 Å². The van der Waals surface area contributed by atoms with E-state index in [0.717, 1.165) is 77.9 Å². The van der Waals surface area contributed by atoms with Crippen LogP contribution in [0.25, 0.3) is 33.3 Å². The van der Waals surface area contributed by atoms with Crippen molar-refractivity contribution in [1.82, 2.24) is 39.5 Å². The second-order valence-corrected chi connectivity index (χ2v) is 10.6. The Labute approximate surface area is 208 Å². The van der Waals surface area contributed by atoms with E-state index in [9.17, 15) is 4.79 Å². The van der Waals surface area contributed by atoms with Crippen molar-refractivity contribution in [3.05, 3.63) is 30.4 Å². The Morgan fingerprint density at radius 3 is 2.61 bits per heavy atom. The lowest BCUT2D eigenvalue weighted by Gasteiger charge is -2.40. The Hall–Kier alpha value is -3.53. The summed E-state index contributed by atoms with van der Waals surface area (Å²) in [5.41, 5.74) is 11.0. The number of H-pyrrole nitrogens is 1. The van der Waals surface area contributed by atoms with Crippen LogP contribution in [0.4, 0.5) is 5.82 Å². The predicted molar refractivity (Wildman–Crippen MR) is 137 cm³/mol. The standard InChI is InChI=1S/C26H31N9O/c1-33-10-11-34(13-21(33)36)17-5-7-18(8-6-17)35-26-22(24(27)28-14-29-26)23(32-35)16-4-9-19-20(12-16)31-25(30-19)15-2-3-15/h4,9,12,14-15,17-18H,2-3,5-8,10-11,13H2,1H3,(H,30,31)(H2,27,28,29). The zero-order chi connectivity index (χ0) is 24.4. The smallest absolute Gasteiger partial charge is 0.236 e. The zero-order valence-electron chi connectivity index (χ0n) is 20.5. The highest BCUT2D eigenvalue weighted by molar-refractivity contribution is 5.99. The number of anilines is 1. The molecule has 0 spiro atoms. The van der Waals surface area contributed by atoms with E-state index >= 15 is 0 Å². The van der Waals surface area contributed by atoms with Crippen LogP contribution < -0.4 is 5.73 Å². The quantitative estimate of drug-likeness (QED) is 0.455. The number of amides is 1. The van der Waals surface area contributed by atoms with Gasteiger partial charge in [0.2, 0.25) is 5.91 Å². The van der Waals surface area contributed by atoms with Gasteiger partial charge in [0.15, 0.2) is 5.65 Å². The van der Waals surface area contributed by atoms with Gasteiger partial charge in [0, 0.05) is 37.7 Å². The van der Waals surface area contributed by atoms with Crippen LogP contribution in [0.1, 0.15) is 56.3 Å². The molecular weight excluding hydrogens is 454 g/mol. The molecule has 1 saturated heterocycles. The molecule has 2 aliphatic carbocycles. The number of hydrogen-bond donors (Lipinski definition) is 2. The first-order valence-corrected chi connectivity index (χ1v) is 13.0. The molecule has 3 aromatic heterocycles. The molecule has 1 aliphatic heterocycles. The lowest BCUT2D eigenvalue weighted by Crippen LogP contribution is -2.52. The highest BCUT2D eigenvalue weighted by Gasteiger charge is 2.33. The van der Waals surface area contributed by atoms with Crippen LogP contribution in [0.2, 0.25) is 0 Å². The molecule has 3 aliphatic rings. The van der Waals surface area contributed by atoms with E-state index in [0.29, 0.717) is 24.3 Å². The van der Waals surface area contributed by atoms with Gasteiger partial charge in [0.1, 0.15) is 23.7 Å². The van der Waals surface area contributed by atoms with E-state index in [1.807, 2.05) is 11.9 Å². The van der Waals surface area contributed by atoms with Gasteiger partial charge >= 0.3 is 0 Å². The maximum Gasteiger partial charge on any atom is 0.236 e. The third-order valence-electron chi connectivity index (χ3n) is 8.27. The van der Waals surface area contributed by atoms with E-state index in [1.54, 1.807) is 0 Å². The minimum absolute atomic E-state index is 0.219. The van der Waals surface area contributed by atoms with Gasteiger partial charge in [-0.1, -0.05) is 6.07 Å². The lowest BCUT2D eigenvalue weighted by atomic mass is 9.90. The predicted octanol–water partition coefficient (Wildman–Crippen LogP) is 3.09. The number of benzene rings is 1. The number of hydrogen-bond acceptors (Lipinski definition) is 7. The summed E-state index contributed by atoms with van der Waals surface area (Å²) in [5.74, 6) is 2.33. The number of nitrogen functional groups attached to an aromatic ring is 1. The van der Waals surface area contributed by atoms with E-state index in [-0.39, 0.29) is 11.9 Å². The molecule has 186 valence electrons. The number of likely N-dealkylation sites (N-methyl/N-ethyl adjacent to an activating group) is 1. The van der Waals surface area contributed by atoms with Gasteiger partial charge in [0.25, 0.3) is 0 Å². The average Bonchev–Trinajstić information content (AvgIpc) is 3.53. The molecule has 3 fully saturated rings. The monoisotopic (exact) mass is 485 g/mol. The van der Waals surface area contributed by atoms with E-state index in [4.69, 9.17) is 15.8 Å². The summed E-state index contributed by atoms with van der Waals surface area (Å²) >= 11 is 0. The molecule has 3 N–H and O–H groups in total. The molecule has 10 nitrogen and oxygen atoms in total. The van der Waals surface area contributed by atoms with Crippen molar-refractivity contribution in [3.8, 4) is 11.3 Å². The van der Waals surface area contributed by atoms with E-state index < -0.39 is 0 Å². The topological polar surface area (TPSA) is 122 Å². The average molecular weight is 486 g/mol. The molecule has 4 heterocycles. The summed E-state index contributed by atoms with van der Waals surface area (Å²) in [6.07, 6.45) is 8.03. The Balaban J connectivity index is 1.19. The lowest BCUT2D eigenvalue weighted by molar-refractivity contribution is -0.135. The number of piperazine rings is 1. The second kappa shape index (κ2) is 8.26. The summed E-state index contributed by atoms with van der Waals surface area (Å²) in [6.45, 7) is 2.29. The molecule has 10 heteroatoms. The summed E-state index contributed by atoms with van der Waals surface area (Å²) in [4.78, 5) is 33.6. The first-order valence-electron chi connectivity index (χ1n) is 13.0. The van der Waals surface area contributed by atoms with Crippen LogP contribution in [0.3, 0.4) is 0 Å². The first-order chi connectivity index (χ1) is 17.5. The van der Waals surface area contributed by atoms with Gasteiger partial charge in [-0.05, 0) is 50.7 Å². The van der Waals surface area contributed by atoms with Gasteiger partial charge in [-0.25, -0.2) is 19.6 Å². The van der Waals surface area contributed by atoms with E-state index in [1.165, 1.54) is 19.2 Å². The number of aromatic nitrogens is 6. The number of fused-ring (bicyclic) bond motifs is 2. The van der Waals surface area contributed by atoms with Crippen LogP contribution in [0.15, 0.2) is 24.5 Å². The van der Waals surface area contributed by atoms with Gasteiger partial charge in [-0.2, -0.15) is 5.10 Å². The largest absolute Gasteiger partial charge is 0.383 e. The molecule has 4 aromatic rings. The van der Waals surface area contributed by atoms with Crippen molar-refractivity contribution >= 4 is 33.8 Å². The van der Waals surface area contributed by atoms with Crippen molar-refractivity contribution in [1.29, 1.82) is 0 Å². The number of nitrogens with zero attached hydrogens (tertiary/aromatic N) is 7. The van der Waals surface area contributed by atoms with Crippen molar-refractivity contribution in [2.24, 2.45) is 0 Å². The van der Waals surface area contributed by atoms with Gasteiger partial charge in [-0.3, -0.25) is 9.69 Å². The van der Waals surface area contributed by atoms with Gasteiger partial charge < -0.3 is 15.6 Å². The fourth-order valence-electron chi connectivity index (χ4n) is 5.94. The number of rotatable bonds is 4. The van der Waals surface area contributed by atoms with Crippen LogP contribution in [0, 0.1) is 0 Å². The number of nitrogens with one attached hydrogen (secondary N) is 1. The van der Waals surface area contributed by atoms with Crippen LogP contribution in [-0.2, 0) is 4.79 Å². The Morgan fingerprint density at radius 1 is 1.03 bits per heavy atom. The molecule has 1 aromatic carbocycles. The minimum Gasteiger partial charge on any atom is -0.383 e. The molecule has 7 rings (SSSR count). The molecule has 0 bridgehead atoms. The summed E-state index contributed by atoms with van der Waals surface area (Å²) < 4.78 is 2.07. The normalized spacial score (nSPS) is 23.7. The van der Waals surface area contributed by atoms with Crippen molar-refractivity contribution in [2.45, 2.75) is 56.5 Å².